The van der Waals surface area contributed by atoms with Crippen molar-refractivity contribution in [2.45, 2.75) is 254 Å². The van der Waals surface area contributed by atoms with Gasteiger partial charge in [-0.3, -0.25) is 9.59 Å². The van der Waals surface area contributed by atoms with Gasteiger partial charge in [-0.05, 0) is 25.7 Å². The molecule has 0 amide bonds. The van der Waals surface area contributed by atoms with Gasteiger partial charge in [0.15, 0.2) is 18.7 Å². The summed E-state index contributed by atoms with van der Waals surface area (Å²) in [5, 5.41) is 72.0. The minimum absolute atomic E-state index is 0.168. The summed E-state index contributed by atoms with van der Waals surface area (Å²) in [6.07, 6.45) is 15.6. The number of rotatable bonds is 39. The Bertz CT molecular complexity index is 1140. The molecule has 7 N–H and O–H groups in total. The van der Waals surface area contributed by atoms with Crippen molar-refractivity contribution in [3.63, 3.8) is 0 Å². The third-order valence-electron chi connectivity index (χ3n) is 12.1. The van der Waals surface area contributed by atoms with Gasteiger partial charge in [0.1, 0.15) is 55.4 Å². The van der Waals surface area contributed by atoms with Crippen molar-refractivity contribution in [1.82, 2.24) is 0 Å². The highest BCUT2D eigenvalue weighted by Crippen LogP contribution is 2.26. The molecule has 0 aromatic heterocycles. The van der Waals surface area contributed by atoms with Crippen LogP contribution in [0.15, 0.2) is 12.7 Å². The van der Waals surface area contributed by atoms with Gasteiger partial charge in [0, 0.05) is 12.8 Å². The topological polar surface area (TPSA) is 231 Å². The zero-order valence-corrected chi connectivity index (χ0v) is 38.7. The molecular weight excluding hydrogens is 817 g/mol. The molecule has 2 saturated heterocycles. The zero-order chi connectivity index (χ0) is 46.1. The van der Waals surface area contributed by atoms with Gasteiger partial charge in [-0.25, -0.2) is 0 Å². The Hall–Kier alpha value is -1.76. The molecule has 2 rings (SSSR count). The number of allylic oxidation sites excluding steroid dienone is 1. The maximum Gasteiger partial charge on any atom is 0.306 e. The minimum atomic E-state index is -1.76. The van der Waals surface area contributed by atoms with Gasteiger partial charge in [0.05, 0.1) is 19.8 Å². The molecule has 0 radical (unpaired) electrons. The lowest BCUT2D eigenvalue weighted by atomic mass is 9.98. The lowest BCUT2D eigenvalue weighted by Crippen LogP contribution is -2.61. The molecule has 2 aliphatic rings. The molecule has 15 nitrogen and oxygen atoms in total. The zero-order valence-electron chi connectivity index (χ0n) is 38.7. The van der Waals surface area contributed by atoms with Crippen LogP contribution in [0.25, 0.3) is 0 Å². The third kappa shape index (κ3) is 25.1. The molecule has 0 bridgehead atoms. The summed E-state index contributed by atoms with van der Waals surface area (Å²) in [5.41, 5.74) is 0. The van der Waals surface area contributed by atoms with E-state index in [1.807, 2.05) is 6.08 Å². The Labute approximate surface area is 378 Å². The van der Waals surface area contributed by atoms with Crippen LogP contribution in [0, 0.1) is 0 Å². The second-order valence-corrected chi connectivity index (χ2v) is 17.7. The van der Waals surface area contributed by atoms with E-state index in [4.69, 9.17) is 28.4 Å². The Morgan fingerprint density at radius 1 is 0.524 bits per heavy atom. The number of ether oxygens (including phenoxy) is 6. The van der Waals surface area contributed by atoms with Crippen molar-refractivity contribution in [3.05, 3.63) is 12.7 Å². The summed E-state index contributed by atoms with van der Waals surface area (Å²) < 4.78 is 33.5. The monoisotopic (exact) mass is 905 g/mol. The number of unbranched alkanes of at least 4 members (excludes halogenated alkanes) is 24. The number of hydrogen-bond acceptors (Lipinski definition) is 15. The lowest BCUT2D eigenvalue weighted by molar-refractivity contribution is -0.332. The average Bonchev–Trinajstić information content (AvgIpc) is 3.28. The van der Waals surface area contributed by atoms with E-state index in [2.05, 4.69) is 13.5 Å². The summed E-state index contributed by atoms with van der Waals surface area (Å²) in [7, 11) is 0. The first-order valence-electron chi connectivity index (χ1n) is 24.7. The predicted molar refractivity (Wildman–Crippen MR) is 238 cm³/mol. The molecule has 370 valence electrons. The fraction of sp³-hybridized carbons (Fsp3) is 0.917. The first-order chi connectivity index (χ1) is 30.5. The second-order valence-electron chi connectivity index (χ2n) is 17.7. The molecule has 2 fully saturated rings. The van der Waals surface area contributed by atoms with Crippen LogP contribution < -0.4 is 0 Å². The van der Waals surface area contributed by atoms with E-state index >= 15 is 0 Å². The third-order valence-corrected chi connectivity index (χ3v) is 12.1. The smallest absolute Gasteiger partial charge is 0.306 e. The summed E-state index contributed by atoms with van der Waals surface area (Å²) in [6.45, 7) is 4.13. The normalized spacial score (nSPS) is 26.7. The van der Waals surface area contributed by atoms with E-state index in [0.29, 0.717) is 12.8 Å². The maximum atomic E-state index is 13.0. The fourth-order valence-electron chi connectivity index (χ4n) is 8.02. The van der Waals surface area contributed by atoms with Gasteiger partial charge in [0.2, 0.25) is 0 Å². The molecule has 0 saturated carbocycles. The van der Waals surface area contributed by atoms with E-state index in [1.165, 1.54) is 109 Å². The van der Waals surface area contributed by atoms with Crippen molar-refractivity contribution < 1.29 is 73.8 Å². The molecule has 15 heteroatoms. The first kappa shape index (κ1) is 57.4. The van der Waals surface area contributed by atoms with Gasteiger partial charge < -0.3 is 64.2 Å². The Balaban J connectivity index is 1.82. The molecule has 4 unspecified atom stereocenters. The lowest BCUT2D eigenvalue weighted by Gasteiger charge is -2.42. The molecule has 0 aliphatic carbocycles. The highest BCUT2D eigenvalue weighted by atomic mass is 16.7. The largest absolute Gasteiger partial charge is 0.462 e. The Kier molecular flexibility index (Phi) is 33.1. The number of esters is 2. The molecule has 0 aromatic carbocycles. The highest BCUT2D eigenvalue weighted by Gasteiger charge is 2.47. The van der Waals surface area contributed by atoms with E-state index < -0.39 is 92.7 Å². The number of carbonyl (C=O) groups excluding carboxylic acids is 2. The van der Waals surface area contributed by atoms with E-state index in [9.17, 15) is 45.3 Å². The SMILES string of the molecule is C=CCCCCCCCCCCCCCCCC(=O)O[C@H](COC(=O)CCCCCCCCCCCCCC)CO[C@@H]1O[C@H](CO[C@@H]2O[C@H](CO)[C@H](O)C(O)C2O)[C@H](O)C(O)C1O. The quantitative estimate of drug-likeness (QED) is 0.0207. The van der Waals surface area contributed by atoms with Crippen LogP contribution >= 0.6 is 0 Å². The van der Waals surface area contributed by atoms with Crippen LogP contribution in [0.5, 0.6) is 0 Å². The van der Waals surface area contributed by atoms with Crippen LogP contribution in [-0.2, 0) is 38.0 Å². The van der Waals surface area contributed by atoms with Gasteiger partial charge in [-0.1, -0.05) is 154 Å². The van der Waals surface area contributed by atoms with Crippen LogP contribution in [0.1, 0.15) is 187 Å². The van der Waals surface area contributed by atoms with Gasteiger partial charge >= 0.3 is 11.9 Å². The summed E-state index contributed by atoms with van der Waals surface area (Å²) in [4.78, 5) is 25.7. The Morgan fingerprint density at radius 3 is 1.41 bits per heavy atom. The highest BCUT2D eigenvalue weighted by molar-refractivity contribution is 5.70. The predicted octanol–water partition coefficient (Wildman–Crippen LogP) is 6.21. The van der Waals surface area contributed by atoms with E-state index in [-0.39, 0.29) is 26.1 Å². The first-order valence-corrected chi connectivity index (χ1v) is 24.7. The summed E-state index contributed by atoms with van der Waals surface area (Å²) in [6, 6.07) is 0. The Morgan fingerprint density at radius 2 is 0.937 bits per heavy atom. The second kappa shape index (κ2) is 36.4. The average molecular weight is 905 g/mol. The van der Waals surface area contributed by atoms with Crippen molar-refractivity contribution in [2.75, 3.05) is 26.4 Å². The van der Waals surface area contributed by atoms with Crippen LogP contribution in [0.3, 0.4) is 0 Å². The minimum Gasteiger partial charge on any atom is -0.462 e. The molecule has 11 atom stereocenters. The maximum absolute atomic E-state index is 13.0. The van der Waals surface area contributed by atoms with Crippen LogP contribution in [-0.4, -0.2) is 142 Å². The van der Waals surface area contributed by atoms with Gasteiger partial charge in [0.25, 0.3) is 0 Å². The van der Waals surface area contributed by atoms with Gasteiger partial charge in [-0.2, -0.15) is 0 Å². The van der Waals surface area contributed by atoms with Crippen LogP contribution in [0.2, 0.25) is 0 Å². The van der Waals surface area contributed by atoms with Crippen LogP contribution in [0.4, 0.5) is 0 Å². The number of aliphatic hydroxyl groups excluding tert-OH is 7. The summed E-state index contributed by atoms with van der Waals surface area (Å²) >= 11 is 0. The fourth-order valence-corrected chi connectivity index (χ4v) is 8.02. The van der Waals surface area contributed by atoms with Crippen molar-refractivity contribution in [1.29, 1.82) is 0 Å². The van der Waals surface area contributed by atoms with Crippen molar-refractivity contribution >= 4 is 11.9 Å². The molecule has 0 aromatic rings. The molecule has 63 heavy (non-hydrogen) atoms. The van der Waals surface area contributed by atoms with Gasteiger partial charge in [-0.15, -0.1) is 6.58 Å². The molecular formula is C48H88O15. The standard InChI is InChI=1S/C48H88O15/c1-3-5-7-9-11-13-15-17-18-19-21-23-25-27-29-31-40(51)61-36(33-58-39(50)30-28-26-24-22-20-16-14-12-10-8-6-4-2)34-59-47-46(57)44(55)42(53)38(63-47)35-60-48-45(56)43(54)41(52)37(32-49)62-48/h3,36-38,41-49,52-57H,1,4-35H2,2H3/t36-,37-,38-,41+,42+,43?,44?,45?,46?,47-,48-/m1/s1. The number of hydrogen-bond donors (Lipinski definition) is 7. The molecule has 0 spiro atoms. The van der Waals surface area contributed by atoms with Crippen molar-refractivity contribution in [2.24, 2.45) is 0 Å². The molecule has 2 aliphatic heterocycles. The summed E-state index contributed by atoms with van der Waals surface area (Å²) in [5.74, 6) is -0.920. The van der Waals surface area contributed by atoms with E-state index in [0.717, 1.165) is 44.9 Å². The molecule has 2 heterocycles. The van der Waals surface area contributed by atoms with E-state index in [1.54, 1.807) is 0 Å². The van der Waals surface area contributed by atoms with Crippen molar-refractivity contribution in [3.8, 4) is 0 Å². The number of carbonyl (C=O) groups is 2. The number of aliphatic hydroxyl groups is 7.